The minimum atomic E-state index is -0.105. The van der Waals surface area contributed by atoms with Crippen molar-refractivity contribution in [3.05, 3.63) is 65.3 Å². The van der Waals surface area contributed by atoms with Gasteiger partial charge >= 0.3 is 0 Å². The molecule has 2 aromatic carbocycles. The van der Waals surface area contributed by atoms with Crippen LogP contribution in [0.1, 0.15) is 70.2 Å². The second-order valence-electron chi connectivity index (χ2n) is 9.85. The van der Waals surface area contributed by atoms with Gasteiger partial charge in [-0.3, -0.25) is 4.79 Å². The van der Waals surface area contributed by atoms with Crippen LogP contribution >= 0.6 is 45.2 Å². The molecule has 1 heterocycles. The molecule has 3 aromatic rings. The van der Waals surface area contributed by atoms with E-state index in [0.717, 1.165) is 42.6 Å². The Labute approximate surface area is 222 Å². The summed E-state index contributed by atoms with van der Waals surface area (Å²) in [5.74, 6) is 1.95. The zero-order valence-electron chi connectivity index (χ0n) is 19.3. The minimum absolute atomic E-state index is 0.0893. The summed E-state index contributed by atoms with van der Waals surface area (Å²) in [4.78, 5) is 18.3. The van der Waals surface area contributed by atoms with Crippen molar-refractivity contribution >= 4 is 62.3 Å². The average molecular weight is 669 g/mol. The molecular formula is C26H29I2N3O2. The standard InChI is InChI=1S/C26H29I2N3O2/c1-26(2,3)16-33-23-20(27)13-17(14-21(23)28)15-29-31-24(18-9-5-4-6-10-18)30-22-12-8-7-11-19(22)25(31)32/h7-8,11-15,18H,4-6,9-10,16H2,1-3H3. The molecule has 1 aliphatic carbocycles. The monoisotopic (exact) mass is 669 g/mol. The number of hydrogen-bond acceptors (Lipinski definition) is 4. The number of ether oxygens (including phenoxy) is 1. The molecule has 33 heavy (non-hydrogen) atoms. The highest BCUT2D eigenvalue weighted by Gasteiger charge is 2.22. The van der Waals surface area contributed by atoms with E-state index >= 15 is 0 Å². The fraction of sp³-hybridized carbons (Fsp3) is 0.423. The Kier molecular flexibility index (Phi) is 7.77. The van der Waals surface area contributed by atoms with Crippen molar-refractivity contribution in [3.63, 3.8) is 0 Å². The van der Waals surface area contributed by atoms with Crippen molar-refractivity contribution in [2.45, 2.75) is 58.8 Å². The van der Waals surface area contributed by atoms with Crippen LogP contribution in [0.25, 0.3) is 10.9 Å². The molecule has 0 radical (unpaired) electrons. The van der Waals surface area contributed by atoms with Crippen LogP contribution in [0.5, 0.6) is 5.75 Å². The number of para-hydroxylation sites is 1. The van der Waals surface area contributed by atoms with Crippen molar-refractivity contribution in [3.8, 4) is 5.75 Å². The van der Waals surface area contributed by atoms with Crippen LogP contribution < -0.4 is 10.3 Å². The molecule has 1 fully saturated rings. The van der Waals surface area contributed by atoms with Gasteiger partial charge in [-0.05, 0) is 93.3 Å². The molecule has 1 saturated carbocycles. The zero-order valence-corrected chi connectivity index (χ0v) is 23.6. The van der Waals surface area contributed by atoms with Gasteiger partial charge in [0.25, 0.3) is 5.56 Å². The summed E-state index contributed by atoms with van der Waals surface area (Å²) >= 11 is 4.61. The third-order valence-electron chi connectivity index (χ3n) is 5.74. The number of hydrogen-bond donors (Lipinski definition) is 0. The number of halogens is 2. The van der Waals surface area contributed by atoms with Crippen molar-refractivity contribution in [1.29, 1.82) is 0 Å². The molecular weight excluding hydrogens is 640 g/mol. The third kappa shape index (κ3) is 5.96. The van der Waals surface area contributed by atoms with Gasteiger partial charge in [-0.25, -0.2) is 4.98 Å². The highest BCUT2D eigenvalue weighted by molar-refractivity contribution is 14.1. The molecule has 0 unspecified atom stereocenters. The average Bonchev–Trinajstić information content (AvgIpc) is 2.77. The molecule has 174 valence electrons. The van der Waals surface area contributed by atoms with E-state index in [9.17, 15) is 4.79 Å². The van der Waals surface area contributed by atoms with Crippen LogP contribution in [-0.4, -0.2) is 22.5 Å². The van der Waals surface area contributed by atoms with Crippen molar-refractivity contribution in [2.75, 3.05) is 6.61 Å². The van der Waals surface area contributed by atoms with E-state index in [-0.39, 0.29) is 16.9 Å². The summed E-state index contributed by atoms with van der Waals surface area (Å²) in [6.07, 6.45) is 7.46. The van der Waals surface area contributed by atoms with E-state index in [1.54, 1.807) is 6.21 Å². The second-order valence-corrected chi connectivity index (χ2v) is 12.2. The van der Waals surface area contributed by atoms with E-state index in [0.29, 0.717) is 12.0 Å². The predicted octanol–water partition coefficient (Wildman–Crippen LogP) is 6.96. The zero-order chi connectivity index (χ0) is 23.6. The maximum Gasteiger partial charge on any atom is 0.282 e. The first-order valence-electron chi connectivity index (χ1n) is 11.4. The van der Waals surface area contributed by atoms with Crippen LogP contribution in [0.3, 0.4) is 0 Å². The molecule has 7 heteroatoms. The number of rotatable bonds is 5. The van der Waals surface area contributed by atoms with Crippen molar-refractivity contribution in [2.24, 2.45) is 10.5 Å². The predicted molar refractivity (Wildman–Crippen MR) is 152 cm³/mol. The normalized spacial score (nSPS) is 15.4. The maximum atomic E-state index is 13.4. The van der Waals surface area contributed by atoms with Crippen LogP contribution in [-0.2, 0) is 0 Å². The van der Waals surface area contributed by atoms with Gasteiger partial charge in [0.05, 0.1) is 30.9 Å². The van der Waals surface area contributed by atoms with E-state index in [1.807, 2.05) is 36.4 Å². The third-order valence-corrected chi connectivity index (χ3v) is 7.34. The molecule has 1 aliphatic rings. The lowest BCUT2D eigenvalue weighted by Gasteiger charge is -2.22. The number of fused-ring (bicyclic) bond motifs is 1. The van der Waals surface area contributed by atoms with Gasteiger partial charge < -0.3 is 4.74 Å². The van der Waals surface area contributed by atoms with Crippen LogP contribution in [0.15, 0.2) is 46.3 Å². The van der Waals surface area contributed by atoms with Gasteiger partial charge in [-0.15, -0.1) is 0 Å². The highest BCUT2D eigenvalue weighted by atomic mass is 127. The minimum Gasteiger partial charge on any atom is -0.491 e. The van der Waals surface area contributed by atoms with Crippen LogP contribution in [0, 0.1) is 12.6 Å². The quantitative estimate of drug-likeness (QED) is 0.218. The van der Waals surface area contributed by atoms with Gasteiger partial charge in [-0.1, -0.05) is 52.2 Å². The number of nitrogens with zero attached hydrogens (tertiary/aromatic N) is 3. The Bertz CT molecular complexity index is 1220. The summed E-state index contributed by atoms with van der Waals surface area (Å²) in [5.41, 5.74) is 1.67. The molecule has 1 aromatic heterocycles. The Balaban J connectivity index is 1.71. The lowest BCUT2D eigenvalue weighted by molar-refractivity contribution is 0.195. The highest BCUT2D eigenvalue weighted by Crippen LogP contribution is 2.32. The molecule has 0 atom stereocenters. The Morgan fingerprint density at radius 1 is 1.12 bits per heavy atom. The van der Waals surface area contributed by atoms with Crippen molar-refractivity contribution < 1.29 is 4.74 Å². The molecule has 0 aliphatic heterocycles. The topological polar surface area (TPSA) is 56.5 Å². The van der Waals surface area contributed by atoms with Gasteiger partial charge in [-0.2, -0.15) is 9.78 Å². The molecule has 5 nitrogen and oxygen atoms in total. The second kappa shape index (κ2) is 10.4. The maximum absolute atomic E-state index is 13.4. The number of benzene rings is 2. The first kappa shape index (κ1) is 24.6. The van der Waals surface area contributed by atoms with E-state index in [1.165, 1.54) is 23.9 Å². The largest absolute Gasteiger partial charge is 0.491 e. The van der Waals surface area contributed by atoms with Crippen LogP contribution in [0.4, 0.5) is 0 Å². The Hall–Kier alpha value is -1.49. The molecule has 0 amide bonds. The number of aromatic nitrogens is 2. The first-order valence-corrected chi connectivity index (χ1v) is 13.6. The van der Waals surface area contributed by atoms with E-state index in [2.05, 4.69) is 71.1 Å². The molecule has 0 saturated heterocycles. The Morgan fingerprint density at radius 3 is 2.45 bits per heavy atom. The molecule has 0 spiro atoms. The summed E-state index contributed by atoms with van der Waals surface area (Å²) in [6.45, 7) is 7.13. The summed E-state index contributed by atoms with van der Waals surface area (Å²) in [6, 6.07) is 11.6. The lowest BCUT2D eigenvalue weighted by Crippen LogP contribution is -2.25. The van der Waals surface area contributed by atoms with E-state index in [4.69, 9.17) is 9.72 Å². The molecule has 0 N–H and O–H groups in total. The van der Waals surface area contributed by atoms with Gasteiger partial charge in [0.1, 0.15) is 11.6 Å². The summed E-state index contributed by atoms with van der Waals surface area (Å²) < 4.78 is 9.68. The fourth-order valence-electron chi connectivity index (χ4n) is 4.08. The summed E-state index contributed by atoms with van der Waals surface area (Å²) in [5, 5.41) is 5.27. The van der Waals surface area contributed by atoms with Gasteiger partial charge in [0.2, 0.25) is 0 Å². The first-order chi connectivity index (χ1) is 15.7. The van der Waals surface area contributed by atoms with Gasteiger partial charge in [0.15, 0.2) is 0 Å². The lowest BCUT2D eigenvalue weighted by atomic mass is 9.88. The van der Waals surface area contributed by atoms with Gasteiger partial charge in [0, 0.05) is 5.92 Å². The smallest absolute Gasteiger partial charge is 0.282 e. The molecule has 0 bridgehead atoms. The SMILES string of the molecule is CC(C)(C)COc1c(I)cc(C=Nn2c(C3CCCCC3)nc3ccccc3c2=O)cc1I. The van der Waals surface area contributed by atoms with E-state index < -0.39 is 0 Å². The fourth-order valence-corrected chi connectivity index (χ4v) is 6.21. The van der Waals surface area contributed by atoms with Crippen molar-refractivity contribution in [1.82, 2.24) is 9.66 Å². The molecule has 4 rings (SSSR count). The summed E-state index contributed by atoms with van der Waals surface area (Å²) in [7, 11) is 0. The Morgan fingerprint density at radius 2 is 1.79 bits per heavy atom. The van der Waals surface area contributed by atoms with Crippen LogP contribution in [0.2, 0.25) is 0 Å².